The van der Waals surface area contributed by atoms with Gasteiger partial charge in [0.05, 0.1) is 0 Å². The summed E-state index contributed by atoms with van der Waals surface area (Å²) in [5, 5.41) is 0. The fraction of sp³-hybridized carbons (Fsp3) is 1.00. The minimum absolute atomic E-state index is 1.58. The van der Waals surface area contributed by atoms with Crippen LogP contribution >= 0.6 is 45.6 Å². The summed E-state index contributed by atoms with van der Waals surface area (Å²) in [6.07, 6.45) is 0. The molecule has 0 spiro atoms. The van der Waals surface area contributed by atoms with Gasteiger partial charge in [-0.3, -0.25) is 27.4 Å². The van der Waals surface area contributed by atoms with E-state index in [9.17, 15) is 27.4 Å². The second-order valence-electron chi connectivity index (χ2n) is 5.02. The normalized spacial score (nSPS) is 15.9. The van der Waals surface area contributed by atoms with Crippen molar-refractivity contribution in [3.8, 4) is 0 Å². The smallest absolute Gasteiger partial charge is 0.323 e. The van der Waals surface area contributed by atoms with Crippen molar-refractivity contribution in [2.24, 2.45) is 0 Å². The molecular formula is C3H15NO18P6. The van der Waals surface area contributed by atoms with Gasteiger partial charge in [-0.05, 0) is 0 Å². The average Bonchev–Trinajstić information content (AvgIpc) is 2.13. The molecule has 0 aromatic heterocycles. The molecule has 0 saturated carbocycles. The van der Waals surface area contributed by atoms with Gasteiger partial charge in [-0.1, -0.05) is 0 Å². The first-order valence-corrected chi connectivity index (χ1v) is 15.9. The third kappa shape index (κ3) is 7.52. The quantitative estimate of drug-likeness (QED) is 0.132. The van der Waals surface area contributed by atoms with Crippen LogP contribution in [0.25, 0.3) is 0 Å². The Labute approximate surface area is 154 Å². The standard InChI is InChI=1S/C3H15NO18P6/c5-23(6,7)1(24(8,9)10)4(2(25(11,12)13)26(14,15)16)3(27(17,18)19)28(20,21)22/h1-3H,(H2,5,6,7)(H2,8,9,10)(H2,11,12,13)(H2,14,15,16)(H2,17,18,19)(H2,20,21,22). The van der Waals surface area contributed by atoms with Gasteiger partial charge < -0.3 is 58.7 Å². The molecule has 0 bridgehead atoms. The summed E-state index contributed by atoms with van der Waals surface area (Å²) < 4.78 is 68.9. The summed E-state index contributed by atoms with van der Waals surface area (Å²) in [6, 6.07) is 0. The minimum atomic E-state index is -6.55. The first-order chi connectivity index (χ1) is 11.7. The van der Waals surface area contributed by atoms with E-state index in [-0.39, 0.29) is 0 Å². The molecule has 0 aliphatic rings. The zero-order valence-corrected chi connectivity index (χ0v) is 18.0. The van der Waals surface area contributed by atoms with Crippen LogP contribution in [0.5, 0.6) is 0 Å². The maximum Gasteiger partial charge on any atom is 0.355 e. The molecule has 19 nitrogen and oxygen atoms in total. The van der Waals surface area contributed by atoms with Gasteiger partial charge in [0.25, 0.3) is 0 Å². The Balaban J connectivity index is 7.62. The third-order valence-electron chi connectivity index (χ3n) is 2.61. The first kappa shape index (κ1) is 28.9. The molecule has 0 rings (SSSR count). The summed E-state index contributed by atoms with van der Waals surface area (Å²) in [6.45, 7) is 0. The molecule has 0 saturated heterocycles. The monoisotopic (exact) mass is 539 g/mol. The average molecular weight is 539 g/mol. The minimum Gasteiger partial charge on any atom is -0.323 e. The predicted octanol–water partition coefficient (Wildman–Crippen LogP) is -2.79. The molecule has 0 unspecified atom stereocenters. The molecule has 0 aromatic carbocycles. The topological polar surface area (TPSA) is 348 Å². The van der Waals surface area contributed by atoms with Crippen LogP contribution in [0.15, 0.2) is 0 Å². The van der Waals surface area contributed by atoms with Gasteiger partial charge in [-0.15, -0.1) is 0 Å². The second-order valence-corrected chi connectivity index (χ2v) is 16.2. The summed E-state index contributed by atoms with van der Waals surface area (Å²) in [5.74, 6) is 0. The van der Waals surface area contributed by atoms with E-state index in [0.717, 1.165) is 0 Å². The Bertz CT molecular complexity index is 676. The van der Waals surface area contributed by atoms with E-state index in [0.29, 0.717) is 0 Å². The fourth-order valence-electron chi connectivity index (χ4n) is 1.99. The number of hydrogen-bond acceptors (Lipinski definition) is 7. The Morgan fingerprint density at radius 2 is 0.464 bits per heavy atom. The molecule has 0 amide bonds. The molecule has 0 aliphatic carbocycles. The molecule has 0 aliphatic heterocycles. The van der Waals surface area contributed by atoms with Crippen LogP contribution in [-0.2, 0) is 27.4 Å². The lowest BCUT2D eigenvalue weighted by Gasteiger charge is -2.41. The van der Waals surface area contributed by atoms with Gasteiger partial charge in [0, 0.05) is 0 Å². The maximum atomic E-state index is 11.5. The molecule has 28 heavy (non-hydrogen) atoms. The lowest BCUT2D eigenvalue weighted by molar-refractivity contribution is 0.184. The zero-order valence-electron chi connectivity index (χ0n) is 12.7. The number of rotatable bonds is 9. The van der Waals surface area contributed by atoms with Crippen LogP contribution in [0.4, 0.5) is 0 Å². The predicted molar refractivity (Wildman–Crippen MR) is 85.5 cm³/mol. The van der Waals surface area contributed by atoms with Crippen LogP contribution in [0, 0.1) is 0 Å². The van der Waals surface area contributed by atoms with Crippen molar-refractivity contribution in [2.45, 2.75) is 16.6 Å². The number of nitrogens with zero attached hydrogens (tertiary/aromatic N) is 1. The van der Waals surface area contributed by atoms with Crippen molar-refractivity contribution >= 4 is 45.6 Å². The van der Waals surface area contributed by atoms with Gasteiger partial charge in [-0.2, -0.15) is 0 Å². The molecule has 0 heterocycles. The van der Waals surface area contributed by atoms with Crippen LogP contribution in [0.1, 0.15) is 0 Å². The zero-order chi connectivity index (χ0) is 23.3. The van der Waals surface area contributed by atoms with Crippen LogP contribution in [0.2, 0.25) is 0 Å². The van der Waals surface area contributed by atoms with E-state index in [1.54, 1.807) is 0 Å². The molecule has 25 heteroatoms. The van der Waals surface area contributed by atoms with Crippen molar-refractivity contribution in [2.75, 3.05) is 0 Å². The molecular weight excluding hydrogens is 524 g/mol. The highest BCUT2D eigenvalue weighted by molar-refractivity contribution is 7.74. The Hall–Kier alpha value is 0.860. The van der Waals surface area contributed by atoms with Crippen molar-refractivity contribution in [3.05, 3.63) is 0 Å². The van der Waals surface area contributed by atoms with Crippen molar-refractivity contribution in [1.82, 2.24) is 4.90 Å². The Morgan fingerprint density at radius 3 is 0.536 bits per heavy atom. The van der Waals surface area contributed by atoms with Gasteiger partial charge >= 0.3 is 45.6 Å². The van der Waals surface area contributed by atoms with E-state index in [4.69, 9.17) is 58.7 Å². The van der Waals surface area contributed by atoms with E-state index in [2.05, 4.69) is 0 Å². The largest absolute Gasteiger partial charge is 0.355 e. The second kappa shape index (κ2) is 8.42. The summed E-state index contributed by atoms with van der Waals surface area (Å²) >= 11 is 0. The van der Waals surface area contributed by atoms with Gasteiger partial charge in [-0.25, -0.2) is 4.90 Å². The fourth-order valence-corrected chi connectivity index (χ4v) is 11.6. The van der Waals surface area contributed by atoms with E-state index in [1.807, 2.05) is 0 Å². The lowest BCUT2D eigenvalue weighted by Crippen LogP contribution is -2.48. The molecule has 12 N–H and O–H groups in total. The SMILES string of the molecule is O=P(O)(O)C(N(C(P(=O)(O)O)P(=O)(O)O)C(P(=O)(O)O)P(=O)(O)O)P(=O)(O)O. The van der Waals surface area contributed by atoms with Gasteiger partial charge in [0.2, 0.25) is 16.6 Å². The lowest BCUT2D eigenvalue weighted by atomic mass is 10.9. The Morgan fingerprint density at radius 1 is 0.357 bits per heavy atom. The van der Waals surface area contributed by atoms with Gasteiger partial charge in [0.1, 0.15) is 0 Å². The first-order valence-electron chi connectivity index (χ1n) is 5.82. The summed E-state index contributed by atoms with van der Waals surface area (Å²) in [7, 11) is -39.3. The van der Waals surface area contributed by atoms with Crippen LogP contribution in [0.3, 0.4) is 0 Å². The summed E-state index contributed by atoms with van der Waals surface area (Å²) in [5.41, 5.74) is -12.5. The van der Waals surface area contributed by atoms with Crippen LogP contribution in [-0.4, -0.2) is 80.2 Å². The molecule has 0 fully saturated rings. The van der Waals surface area contributed by atoms with E-state index >= 15 is 0 Å². The van der Waals surface area contributed by atoms with Crippen molar-refractivity contribution in [3.63, 3.8) is 0 Å². The van der Waals surface area contributed by atoms with Crippen LogP contribution < -0.4 is 0 Å². The highest BCUT2D eigenvalue weighted by Gasteiger charge is 2.66. The van der Waals surface area contributed by atoms with Crippen molar-refractivity contribution < 1.29 is 86.1 Å². The molecule has 170 valence electrons. The van der Waals surface area contributed by atoms with Crippen molar-refractivity contribution in [1.29, 1.82) is 0 Å². The van der Waals surface area contributed by atoms with Gasteiger partial charge in [0.15, 0.2) is 0 Å². The maximum absolute atomic E-state index is 11.5. The summed E-state index contributed by atoms with van der Waals surface area (Å²) in [4.78, 5) is 108. The third-order valence-corrected chi connectivity index (χ3v) is 13.2. The highest BCUT2D eigenvalue weighted by Crippen LogP contribution is 2.74. The molecule has 0 atom stereocenters. The number of hydrogen-bond donors (Lipinski definition) is 12. The Kier molecular flexibility index (Phi) is 8.68. The molecule has 0 radical (unpaired) electrons. The highest BCUT2D eigenvalue weighted by atomic mass is 31.3. The molecule has 0 aromatic rings. The van der Waals surface area contributed by atoms with E-state index in [1.165, 1.54) is 0 Å². The van der Waals surface area contributed by atoms with E-state index < -0.39 is 67.0 Å².